The van der Waals surface area contributed by atoms with Gasteiger partial charge < -0.3 is 5.73 Å². The van der Waals surface area contributed by atoms with Gasteiger partial charge in [-0.15, -0.1) is 0 Å². The molecule has 0 radical (unpaired) electrons. The fourth-order valence-corrected chi connectivity index (χ4v) is 3.21. The number of sulfonamides is 1. The molecule has 0 bridgehead atoms. The first-order valence-electron chi connectivity index (χ1n) is 6.15. The zero-order valence-electron chi connectivity index (χ0n) is 11.0. The van der Waals surface area contributed by atoms with E-state index in [1.807, 2.05) is 0 Å². The lowest BCUT2D eigenvalue weighted by Crippen LogP contribution is -2.25. The Morgan fingerprint density at radius 1 is 1.14 bits per heavy atom. The summed E-state index contributed by atoms with van der Waals surface area (Å²) in [6.07, 6.45) is 0. The highest BCUT2D eigenvalue weighted by atomic mass is 35.5. The van der Waals surface area contributed by atoms with E-state index in [4.69, 9.17) is 17.3 Å². The molecule has 0 saturated heterocycles. The van der Waals surface area contributed by atoms with Gasteiger partial charge in [-0.1, -0.05) is 29.8 Å². The molecule has 2 aromatic carbocycles. The number of halogens is 2. The molecule has 0 aromatic heterocycles. The lowest BCUT2D eigenvalue weighted by atomic mass is 10.2. The minimum Gasteiger partial charge on any atom is -0.326 e. The van der Waals surface area contributed by atoms with Crippen molar-refractivity contribution in [2.24, 2.45) is 5.73 Å². The van der Waals surface area contributed by atoms with Crippen LogP contribution in [0, 0.1) is 5.82 Å². The van der Waals surface area contributed by atoms with Gasteiger partial charge in [0.15, 0.2) is 0 Å². The number of benzene rings is 2. The second-order valence-corrected chi connectivity index (χ2v) is 6.58. The van der Waals surface area contributed by atoms with Gasteiger partial charge in [0.25, 0.3) is 0 Å². The number of rotatable bonds is 5. The maximum Gasteiger partial charge on any atom is 0.241 e. The van der Waals surface area contributed by atoms with Crippen LogP contribution < -0.4 is 10.5 Å². The largest absolute Gasteiger partial charge is 0.326 e. The highest BCUT2D eigenvalue weighted by Crippen LogP contribution is 2.17. The number of nitrogens with one attached hydrogen (secondary N) is 1. The zero-order valence-corrected chi connectivity index (χ0v) is 12.6. The van der Waals surface area contributed by atoms with Crippen molar-refractivity contribution in [1.82, 2.24) is 4.72 Å². The van der Waals surface area contributed by atoms with Crippen LogP contribution in [0.5, 0.6) is 0 Å². The molecule has 0 amide bonds. The molecule has 0 spiro atoms. The van der Waals surface area contributed by atoms with E-state index in [9.17, 15) is 12.8 Å². The molecule has 0 aliphatic rings. The first kappa shape index (κ1) is 15.9. The van der Waals surface area contributed by atoms with E-state index in [0.29, 0.717) is 10.6 Å². The van der Waals surface area contributed by atoms with Gasteiger partial charge in [0, 0.05) is 18.1 Å². The first-order chi connectivity index (χ1) is 9.92. The van der Waals surface area contributed by atoms with Crippen molar-refractivity contribution in [1.29, 1.82) is 0 Å². The molecular weight excluding hydrogens is 315 g/mol. The average Bonchev–Trinajstić information content (AvgIpc) is 2.47. The Hall–Kier alpha value is -1.47. The summed E-state index contributed by atoms with van der Waals surface area (Å²) in [4.78, 5) is -0.140. The Labute approximate surface area is 127 Å². The van der Waals surface area contributed by atoms with E-state index < -0.39 is 15.8 Å². The average molecular weight is 329 g/mol. The first-order valence-corrected chi connectivity index (χ1v) is 8.01. The Bertz CT molecular complexity index is 733. The van der Waals surface area contributed by atoms with E-state index in [0.717, 1.165) is 11.6 Å². The minimum atomic E-state index is -3.84. The quantitative estimate of drug-likeness (QED) is 0.885. The molecule has 2 aromatic rings. The summed E-state index contributed by atoms with van der Waals surface area (Å²) < 4.78 is 40.2. The second-order valence-electron chi connectivity index (χ2n) is 4.41. The van der Waals surface area contributed by atoms with Crippen LogP contribution in [0.25, 0.3) is 0 Å². The van der Waals surface area contributed by atoms with Crippen LogP contribution in [-0.2, 0) is 23.1 Å². The number of hydrogen-bond donors (Lipinski definition) is 2. The summed E-state index contributed by atoms with van der Waals surface area (Å²) in [5, 5.41) is 0.567. The van der Waals surface area contributed by atoms with Crippen LogP contribution in [0.15, 0.2) is 47.4 Å². The smallest absolute Gasteiger partial charge is 0.241 e. The molecule has 4 nitrogen and oxygen atoms in total. The van der Waals surface area contributed by atoms with Gasteiger partial charge in [-0.3, -0.25) is 0 Å². The van der Waals surface area contributed by atoms with Crippen LogP contribution in [0.3, 0.4) is 0 Å². The lowest BCUT2D eigenvalue weighted by Gasteiger charge is -2.11. The Morgan fingerprint density at radius 2 is 1.81 bits per heavy atom. The van der Waals surface area contributed by atoms with Crippen LogP contribution in [-0.4, -0.2) is 8.42 Å². The maximum atomic E-state index is 13.3. The third kappa shape index (κ3) is 4.01. The summed E-state index contributed by atoms with van der Waals surface area (Å²) in [6, 6.07) is 10.3. The van der Waals surface area contributed by atoms with Crippen LogP contribution in [0.1, 0.15) is 11.1 Å². The second kappa shape index (κ2) is 6.53. The molecule has 7 heteroatoms. The van der Waals surface area contributed by atoms with Gasteiger partial charge in [-0.25, -0.2) is 17.5 Å². The summed E-state index contributed by atoms with van der Waals surface area (Å²) in [6.45, 7) is 0.0947. The van der Waals surface area contributed by atoms with Gasteiger partial charge in [0.2, 0.25) is 10.0 Å². The Balaban J connectivity index is 2.22. The molecule has 0 unspecified atom stereocenters. The topological polar surface area (TPSA) is 72.2 Å². The minimum absolute atomic E-state index is 0.0114. The normalized spacial score (nSPS) is 11.6. The van der Waals surface area contributed by atoms with Crippen molar-refractivity contribution in [3.8, 4) is 0 Å². The van der Waals surface area contributed by atoms with E-state index in [1.165, 1.54) is 12.1 Å². The van der Waals surface area contributed by atoms with Crippen LogP contribution in [0.2, 0.25) is 5.02 Å². The van der Waals surface area contributed by atoms with E-state index in [2.05, 4.69) is 4.72 Å². The zero-order chi connectivity index (χ0) is 15.5. The SMILES string of the molecule is NCc1ccc(F)cc1S(=O)(=O)NCc1ccc(Cl)cc1. The summed E-state index contributed by atoms with van der Waals surface area (Å²) >= 11 is 5.76. The van der Waals surface area contributed by atoms with E-state index in [1.54, 1.807) is 24.3 Å². The standard InChI is InChI=1S/C14H14ClFN2O2S/c15-12-4-1-10(2-5-12)9-18-21(19,20)14-7-13(16)6-3-11(14)8-17/h1-7,18H,8-9,17H2. The van der Waals surface area contributed by atoms with Crippen molar-refractivity contribution >= 4 is 21.6 Å². The summed E-state index contributed by atoms with van der Waals surface area (Å²) in [5.74, 6) is -0.626. The van der Waals surface area contributed by atoms with Gasteiger partial charge >= 0.3 is 0 Å². The lowest BCUT2D eigenvalue weighted by molar-refractivity contribution is 0.575. The van der Waals surface area contributed by atoms with E-state index in [-0.39, 0.29) is 18.0 Å². The van der Waals surface area contributed by atoms with Crippen molar-refractivity contribution in [2.45, 2.75) is 18.0 Å². The fourth-order valence-electron chi connectivity index (χ4n) is 1.81. The molecule has 0 saturated carbocycles. The summed E-state index contributed by atoms with van der Waals surface area (Å²) in [7, 11) is -3.84. The molecule has 0 heterocycles. The van der Waals surface area contributed by atoms with Crippen molar-refractivity contribution in [3.05, 3.63) is 64.4 Å². The Morgan fingerprint density at radius 3 is 2.43 bits per heavy atom. The molecule has 0 fully saturated rings. The molecule has 3 N–H and O–H groups in total. The van der Waals surface area contributed by atoms with Gasteiger partial charge in [0.1, 0.15) is 5.82 Å². The fraction of sp³-hybridized carbons (Fsp3) is 0.143. The number of nitrogens with two attached hydrogens (primary N) is 1. The molecule has 21 heavy (non-hydrogen) atoms. The molecular formula is C14H14ClFN2O2S. The molecule has 0 aliphatic heterocycles. The van der Waals surface area contributed by atoms with Crippen molar-refractivity contribution in [2.75, 3.05) is 0 Å². The van der Waals surface area contributed by atoms with Gasteiger partial charge in [0.05, 0.1) is 4.90 Å². The van der Waals surface area contributed by atoms with Crippen LogP contribution in [0.4, 0.5) is 4.39 Å². The summed E-state index contributed by atoms with van der Waals surface area (Å²) in [5.41, 5.74) is 6.60. The molecule has 2 rings (SSSR count). The van der Waals surface area contributed by atoms with Crippen molar-refractivity contribution in [3.63, 3.8) is 0 Å². The Kier molecular flexibility index (Phi) is 4.95. The van der Waals surface area contributed by atoms with Crippen molar-refractivity contribution < 1.29 is 12.8 Å². The third-order valence-electron chi connectivity index (χ3n) is 2.92. The third-order valence-corrected chi connectivity index (χ3v) is 4.65. The highest BCUT2D eigenvalue weighted by molar-refractivity contribution is 7.89. The predicted molar refractivity (Wildman–Crippen MR) is 79.8 cm³/mol. The molecule has 112 valence electrons. The van der Waals surface area contributed by atoms with Crippen LogP contribution >= 0.6 is 11.6 Å². The van der Waals surface area contributed by atoms with Gasteiger partial charge in [-0.05, 0) is 35.4 Å². The number of hydrogen-bond acceptors (Lipinski definition) is 3. The van der Waals surface area contributed by atoms with Gasteiger partial charge in [-0.2, -0.15) is 0 Å². The maximum absolute atomic E-state index is 13.3. The highest BCUT2D eigenvalue weighted by Gasteiger charge is 2.18. The van der Waals surface area contributed by atoms with E-state index >= 15 is 0 Å². The monoisotopic (exact) mass is 328 g/mol. The molecule has 0 atom stereocenters. The molecule has 0 aliphatic carbocycles. The predicted octanol–water partition coefficient (Wildman–Crippen LogP) is 2.42.